The van der Waals surface area contributed by atoms with Gasteiger partial charge in [-0.15, -0.1) is 0 Å². The summed E-state index contributed by atoms with van der Waals surface area (Å²) in [4.78, 5) is 10.4. The van der Waals surface area contributed by atoms with Crippen LogP contribution >= 0.6 is 15.9 Å². The second-order valence-corrected chi connectivity index (χ2v) is 3.49. The molecule has 0 aromatic heterocycles. The van der Waals surface area contributed by atoms with E-state index in [9.17, 15) is 9.18 Å². The number of halogens is 2. The van der Waals surface area contributed by atoms with Crippen molar-refractivity contribution in [2.45, 2.75) is 0 Å². The zero-order chi connectivity index (χ0) is 10.7. The molecule has 0 heterocycles. The van der Waals surface area contributed by atoms with Gasteiger partial charge in [0.1, 0.15) is 11.5 Å². The molecule has 0 aliphatic heterocycles. The minimum Gasteiger partial charge on any atom is -0.477 e. The Kier molecular flexibility index (Phi) is 3.24. The number of hydrogen-bond acceptors (Lipinski definition) is 2. The highest BCUT2D eigenvalue weighted by Gasteiger charge is 2.04. The van der Waals surface area contributed by atoms with E-state index >= 15 is 0 Å². The summed E-state index contributed by atoms with van der Waals surface area (Å²) in [6, 6.07) is 4.19. The normalized spacial score (nSPS) is 11.4. The molecule has 1 rings (SSSR count). The molecule has 1 aromatic carbocycles. The fraction of sp³-hybridized carbons (Fsp3) is 0. The molecule has 0 fully saturated rings. The van der Waals surface area contributed by atoms with Crippen LogP contribution in [0.25, 0.3) is 6.08 Å². The molecule has 5 heteroatoms. The fourth-order valence-electron chi connectivity index (χ4n) is 0.854. The summed E-state index contributed by atoms with van der Waals surface area (Å²) in [5.41, 5.74) is 4.88. The van der Waals surface area contributed by atoms with Gasteiger partial charge in [-0.25, -0.2) is 9.18 Å². The van der Waals surface area contributed by atoms with Crippen molar-refractivity contribution < 1.29 is 14.3 Å². The predicted molar refractivity (Wildman–Crippen MR) is 53.9 cm³/mol. The highest BCUT2D eigenvalue weighted by atomic mass is 79.9. The molecule has 0 bridgehead atoms. The standard InChI is InChI=1S/C9H7BrFNO2/c10-6-1-2-7(11)5(3-6)4-8(12)9(13)14/h1-4H,12H2,(H,13,14)/b8-4+. The summed E-state index contributed by atoms with van der Waals surface area (Å²) < 4.78 is 13.7. The number of carboxylic acids is 1. The summed E-state index contributed by atoms with van der Waals surface area (Å²) in [7, 11) is 0. The van der Waals surface area contributed by atoms with E-state index in [0.717, 1.165) is 6.08 Å². The van der Waals surface area contributed by atoms with Crippen LogP contribution in [0.15, 0.2) is 28.4 Å². The van der Waals surface area contributed by atoms with Gasteiger partial charge in [0.05, 0.1) is 0 Å². The molecule has 1 aromatic rings. The second kappa shape index (κ2) is 4.23. The van der Waals surface area contributed by atoms with Crippen molar-refractivity contribution in [1.29, 1.82) is 0 Å². The first-order valence-electron chi connectivity index (χ1n) is 3.66. The Morgan fingerprint density at radius 3 is 2.79 bits per heavy atom. The lowest BCUT2D eigenvalue weighted by Gasteiger charge is -1.99. The summed E-state index contributed by atoms with van der Waals surface area (Å²) in [6.45, 7) is 0. The summed E-state index contributed by atoms with van der Waals surface area (Å²) in [5, 5.41) is 8.48. The maximum absolute atomic E-state index is 13.1. The Labute approximate surface area is 88.2 Å². The molecule has 0 saturated carbocycles. The Morgan fingerprint density at radius 1 is 1.57 bits per heavy atom. The average molecular weight is 260 g/mol. The monoisotopic (exact) mass is 259 g/mol. The van der Waals surface area contributed by atoms with Crippen LogP contribution in [0.5, 0.6) is 0 Å². The van der Waals surface area contributed by atoms with Gasteiger partial charge in [0.25, 0.3) is 0 Å². The third-order valence-electron chi connectivity index (χ3n) is 1.52. The van der Waals surface area contributed by atoms with E-state index in [-0.39, 0.29) is 5.56 Å². The highest BCUT2D eigenvalue weighted by molar-refractivity contribution is 9.10. The zero-order valence-corrected chi connectivity index (χ0v) is 8.58. The van der Waals surface area contributed by atoms with Crippen LogP contribution in [0.4, 0.5) is 4.39 Å². The van der Waals surface area contributed by atoms with Crippen LogP contribution < -0.4 is 5.73 Å². The van der Waals surface area contributed by atoms with Gasteiger partial charge in [-0.3, -0.25) is 0 Å². The summed E-state index contributed by atoms with van der Waals surface area (Å²) in [6.07, 6.45) is 1.07. The van der Waals surface area contributed by atoms with Crippen LogP contribution in [0.1, 0.15) is 5.56 Å². The molecule has 0 unspecified atom stereocenters. The minimum atomic E-state index is -1.27. The van der Waals surface area contributed by atoms with Crippen molar-refractivity contribution in [1.82, 2.24) is 0 Å². The van der Waals surface area contributed by atoms with Gasteiger partial charge in [0.2, 0.25) is 0 Å². The van der Waals surface area contributed by atoms with Crippen molar-refractivity contribution in [3.05, 3.63) is 39.7 Å². The lowest BCUT2D eigenvalue weighted by Crippen LogP contribution is -2.09. The lowest BCUT2D eigenvalue weighted by atomic mass is 10.2. The van der Waals surface area contributed by atoms with E-state index in [1.807, 2.05) is 0 Å². The molecular weight excluding hydrogens is 253 g/mol. The number of nitrogens with two attached hydrogens (primary N) is 1. The highest BCUT2D eigenvalue weighted by Crippen LogP contribution is 2.17. The fourth-order valence-corrected chi connectivity index (χ4v) is 1.23. The van der Waals surface area contributed by atoms with Crippen LogP contribution in [-0.2, 0) is 4.79 Å². The van der Waals surface area contributed by atoms with Gasteiger partial charge in [-0.05, 0) is 24.3 Å². The molecule has 0 radical (unpaired) electrons. The zero-order valence-electron chi connectivity index (χ0n) is 7.00. The first-order valence-corrected chi connectivity index (χ1v) is 4.45. The molecule has 14 heavy (non-hydrogen) atoms. The van der Waals surface area contributed by atoms with Gasteiger partial charge >= 0.3 is 5.97 Å². The number of carbonyl (C=O) groups is 1. The molecule has 0 atom stereocenters. The number of aliphatic carboxylic acids is 1. The van der Waals surface area contributed by atoms with Gasteiger partial charge in [0.15, 0.2) is 0 Å². The van der Waals surface area contributed by atoms with Gasteiger partial charge in [-0.2, -0.15) is 0 Å². The van der Waals surface area contributed by atoms with E-state index in [4.69, 9.17) is 10.8 Å². The van der Waals surface area contributed by atoms with Crippen LogP contribution in [0, 0.1) is 5.82 Å². The average Bonchev–Trinajstić information content (AvgIpc) is 2.11. The van der Waals surface area contributed by atoms with Crippen molar-refractivity contribution >= 4 is 28.0 Å². The molecule has 0 aliphatic rings. The second-order valence-electron chi connectivity index (χ2n) is 2.57. The summed E-state index contributed by atoms with van der Waals surface area (Å²) in [5.74, 6) is -1.79. The SMILES string of the molecule is N/C(=C/c1cc(Br)ccc1F)C(=O)O. The van der Waals surface area contributed by atoms with Crippen LogP contribution in [-0.4, -0.2) is 11.1 Å². The smallest absolute Gasteiger partial charge is 0.351 e. The lowest BCUT2D eigenvalue weighted by molar-refractivity contribution is -0.132. The first kappa shape index (κ1) is 10.7. The number of hydrogen-bond donors (Lipinski definition) is 2. The van der Waals surface area contributed by atoms with Crippen molar-refractivity contribution in [2.75, 3.05) is 0 Å². The van der Waals surface area contributed by atoms with Crippen LogP contribution in [0.2, 0.25) is 0 Å². The first-order chi connectivity index (χ1) is 6.50. The van der Waals surface area contributed by atoms with E-state index in [0.29, 0.717) is 4.47 Å². The molecule has 3 nitrogen and oxygen atoms in total. The van der Waals surface area contributed by atoms with E-state index in [1.54, 1.807) is 0 Å². The number of carboxylic acid groups (broad SMARTS) is 1. The van der Waals surface area contributed by atoms with E-state index in [2.05, 4.69) is 15.9 Å². The van der Waals surface area contributed by atoms with Crippen LogP contribution in [0.3, 0.4) is 0 Å². The van der Waals surface area contributed by atoms with E-state index in [1.165, 1.54) is 18.2 Å². The molecule has 0 amide bonds. The maximum atomic E-state index is 13.1. The molecule has 0 aliphatic carbocycles. The molecule has 74 valence electrons. The quantitative estimate of drug-likeness (QED) is 0.799. The Bertz CT molecular complexity index is 404. The Balaban J connectivity index is 3.13. The molecular formula is C9H7BrFNO2. The summed E-state index contributed by atoms with van der Waals surface area (Å²) >= 11 is 3.14. The third kappa shape index (κ3) is 2.56. The largest absolute Gasteiger partial charge is 0.477 e. The van der Waals surface area contributed by atoms with Gasteiger partial charge in [-0.1, -0.05) is 15.9 Å². The topological polar surface area (TPSA) is 63.3 Å². The predicted octanol–water partition coefficient (Wildman–Crippen LogP) is 1.97. The Morgan fingerprint density at radius 2 is 2.21 bits per heavy atom. The van der Waals surface area contributed by atoms with Gasteiger partial charge in [0, 0.05) is 10.0 Å². The number of rotatable bonds is 2. The third-order valence-corrected chi connectivity index (χ3v) is 2.01. The molecule has 0 saturated heterocycles. The van der Waals surface area contributed by atoms with Crippen molar-refractivity contribution in [3.63, 3.8) is 0 Å². The maximum Gasteiger partial charge on any atom is 0.351 e. The minimum absolute atomic E-state index is 0.138. The van der Waals surface area contributed by atoms with Gasteiger partial charge < -0.3 is 10.8 Å². The molecule has 0 spiro atoms. The number of benzene rings is 1. The van der Waals surface area contributed by atoms with Crippen molar-refractivity contribution in [3.8, 4) is 0 Å². The molecule has 3 N–H and O–H groups in total. The Hall–Kier alpha value is -1.36. The van der Waals surface area contributed by atoms with E-state index < -0.39 is 17.5 Å². The van der Waals surface area contributed by atoms with Crippen molar-refractivity contribution in [2.24, 2.45) is 5.73 Å².